The van der Waals surface area contributed by atoms with E-state index in [0.717, 1.165) is 36.1 Å². The summed E-state index contributed by atoms with van der Waals surface area (Å²) in [5, 5.41) is 10.4. The second kappa shape index (κ2) is 4.54. The molecule has 2 aliphatic rings. The minimum Gasteiger partial charge on any atom is -0.507 e. The van der Waals surface area contributed by atoms with Gasteiger partial charge in [-0.05, 0) is 69.2 Å². The maximum atomic E-state index is 10.4. The quantitative estimate of drug-likeness (QED) is 0.732. The molecule has 2 nitrogen and oxygen atoms in total. The smallest absolute Gasteiger partial charge is 0.131 e. The van der Waals surface area contributed by atoms with Crippen molar-refractivity contribution in [3.05, 3.63) is 28.8 Å². The minimum absolute atomic E-state index is 0.202. The van der Waals surface area contributed by atoms with Crippen LogP contribution in [0, 0.1) is 12.8 Å². The fraction of sp³-hybridized carbons (Fsp3) is 0.556. The van der Waals surface area contributed by atoms with Crippen molar-refractivity contribution in [2.45, 2.75) is 59.0 Å². The van der Waals surface area contributed by atoms with E-state index in [-0.39, 0.29) is 5.60 Å². The van der Waals surface area contributed by atoms with E-state index < -0.39 is 0 Å². The van der Waals surface area contributed by atoms with Gasteiger partial charge in [0.15, 0.2) is 0 Å². The molecule has 1 heterocycles. The summed E-state index contributed by atoms with van der Waals surface area (Å²) in [7, 11) is 0. The molecule has 0 spiro atoms. The van der Waals surface area contributed by atoms with E-state index in [4.69, 9.17) is 4.74 Å². The van der Waals surface area contributed by atoms with Crippen molar-refractivity contribution in [2.75, 3.05) is 0 Å². The number of benzene rings is 1. The second-order valence-corrected chi connectivity index (χ2v) is 7.13. The van der Waals surface area contributed by atoms with E-state index in [1.54, 1.807) is 0 Å². The summed E-state index contributed by atoms with van der Waals surface area (Å²) >= 11 is 0. The van der Waals surface area contributed by atoms with Crippen LogP contribution in [0.1, 0.15) is 57.6 Å². The highest BCUT2D eigenvalue weighted by Crippen LogP contribution is 2.49. The molecule has 1 aromatic carbocycles. The Morgan fingerprint density at radius 3 is 2.80 bits per heavy atom. The van der Waals surface area contributed by atoms with Gasteiger partial charge in [-0.3, -0.25) is 0 Å². The molecule has 0 fully saturated rings. The lowest BCUT2D eigenvalue weighted by molar-refractivity contribution is 0.110. The Morgan fingerprint density at radius 2 is 2.05 bits per heavy atom. The maximum absolute atomic E-state index is 10.4. The first-order chi connectivity index (χ1) is 9.35. The van der Waals surface area contributed by atoms with E-state index in [0.29, 0.717) is 11.7 Å². The fourth-order valence-electron chi connectivity index (χ4n) is 3.61. The van der Waals surface area contributed by atoms with Gasteiger partial charge in [-0.15, -0.1) is 0 Å². The Morgan fingerprint density at radius 1 is 1.30 bits per heavy atom. The highest BCUT2D eigenvalue weighted by Gasteiger charge is 2.33. The van der Waals surface area contributed by atoms with Crippen LogP contribution in [0.25, 0.3) is 5.57 Å². The molecule has 0 aromatic heterocycles. The summed E-state index contributed by atoms with van der Waals surface area (Å²) in [4.78, 5) is 0. The molecule has 1 aromatic rings. The Balaban J connectivity index is 2.22. The normalized spacial score (nSPS) is 24.5. The first-order valence-electron chi connectivity index (χ1n) is 7.59. The number of phenolic OH excluding ortho intramolecular Hbond substituents is 1. The molecule has 2 heteroatoms. The Kier molecular flexibility index (Phi) is 3.07. The van der Waals surface area contributed by atoms with E-state index in [1.165, 1.54) is 17.6 Å². The van der Waals surface area contributed by atoms with Crippen LogP contribution in [0.15, 0.2) is 17.7 Å². The molecule has 0 saturated heterocycles. The third-order valence-electron chi connectivity index (χ3n) is 4.47. The largest absolute Gasteiger partial charge is 0.507 e. The Bertz CT molecular complexity index is 581. The predicted octanol–water partition coefficient (Wildman–Crippen LogP) is 4.84. The number of hydrogen-bond acceptors (Lipinski definition) is 2. The number of fused-ring (bicyclic) bond motifs is 2. The molecular formula is C18H24O2. The third-order valence-corrected chi connectivity index (χ3v) is 4.47. The molecule has 0 bridgehead atoms. The monoisotopic (exact) mass is 272 g/mol. The Hall–Kier alpha value is -1.44. The van der Waals surface area contributed by atoms with Gasteiger partial charge < -0.3 is 9.84 Å². The van der Waals surface area contributed by atoms with Gasteiger partial charge >= 0.3 is 0 Å². The van der Waals surface area contributed by atoms with Gasteiger partial charge in [-0.2, -0.15) is 0 Å². The first kappa shape index (κ1) is 13.5. The van der Waals surface area contributed by atoms with Crippen LogP contribution in [-0.4, -0.2) is 10.7 Å². The highest BCUT2D eigenvalue weighted by atomic mass is 16.5. The molecule has 1 atom stereocenters. The second-order valence-electron chi connectivity index (χ2n) is 7.13. The fourth-order valence-corrected chi connectivity index (χ4v) is 3.61. The molecule has 3 rings (SSSR count). The predicted molar refractivity (Wildman–Crippen MR) is 82.1 cm³/mol. The zero-order chi connectivity index (χ0) is 14.5. The van der Waals surface area contributed by atoms with Crippen LogP contribution in [0.4, 0.5) is 0 Å². The van der Waals surface area contributed by atoms with Crippen LogP contribution in [-0.2, 0) is 0 Å². The molecule has 1 aliphatic carbocycles. The van der Waals surface area contributed by atoms with E-state index >= 15 is 0 Å². The lowest BCUT2D eigenvalue weighted by Gasteiger charge is -2.28. The average molecular weight is 272 g/mol. The van der Waals surface area contributed by atoms with Crippen LogP contribution < -0.4 is 4.74 Å². The van der Waals surface area contributed by atoms with Crippen LogP contribution in [0.5, 0.6) is 11.5 Å². The van der Waals surface area contributed by atoms with Crippen LogP contribution >= 0.6 is 0 Å². The van der Waals surface area contributed by atoms with Crippen molar-refractivity contribution in [1.29, 1.82) is 0 Å². The minimum atomic E-state index is -0.202. The van der Waals surface area contributed by atoms with Gasteiger partial charge in [0.2, 0.25) is 0 Å². The van der Waals surface area contributed by atoms with Gasteiger partial charge in [0.1, 0.15) is 17.1 Å². The average Bonchev–Trinajstić information content (AvgIpc) is 2.40. The highest BCUT2D eigenvalue weighted by molar-refractivity contribution is 5.79. The van der Waals surface area contributed by atoms with Crippen molar-refractivity contribution in [2.24, 2.45) is 5.92 Å². The van der Waals surface area contributed by atoms with Crippen molar-refractivity contribution in [3.63, 3.8) is 0 Å². The third kappa shape index (κ3) is 2.32. The molecular weight excluding hydrogens is 248 g/mol. The summed E-state index contributed by atoms with van der Waals surface area (Å²) in [5.41, 5.74) is 4.60. The first-order valence-corrected chi connectivity index (χ1v) is 7.59. The van der Waals surface area contributed by atoms with E-state index in [2.05, 4.69) is 26.8 Å². The van der Waals surface area contributed by atoms with Gasteiger partial charge in [-0.25, -0.2) is 0 Å². The van der Waals surface area contributed by atoms with Crippen molar-refractivity contribution >= 4 is 5.57 Å². The number of rotatable bonds is 0. The molecule has 1 unspecified atom stereocenters. The van der Waals surface area contributed by atoms with Crippen LogP contribution in [0.3, 0.4) is 0 Å². The lowest BCUT2D eigenvalue weighted by Crippen LogP contribution is -2.28. The Labute approximate surface area is 121 Å². The van der Waals surface area contributed by atoms with Gasteiger partial charge in [0, 0.05) is 6.42 Å². The molecule has 108 valence electrons. The summed E-state index contributed by atoms with van der Waals surface area (Å²) in [6.45, 7) is 8.58. The summed E-state index contributed by atoms with van der Waals surface area (Å²) < 4.78 is 6.23. The molecule has 0 saturated carbocycles. The van der Waals surface area contributed by atoms with Crippen molar-refractivity contribution < 1.29 is 9.84 Å². The SMILES string of the molecule is Cc1cc(O)c2c(c1)OC(C)(C)CC1=C2CC(C)CC1. The molecule has 1 N–H and O–H groups in total. The number of phenols is 1. The summed E-state index contributed by atoms with van der Waals surface area (Å²) in [6.07, 6.45) is 4.40. The van der Waals surface area contributed by atoms with Crippen molar-refractivity contribution in [1.82, 2.24) is 0 Å². The topological polar surface area (TPSA) is 29.5 Å². The number of hydrogen-bond donors (Lipinski definition) is 1. The number of ether oxygens (including phenoxy) is 1. The standard InChI is InChI=1S/C18H24O2/c1-11-5-6-13-10-18(3,4)20-16-9-12(2)8-15(19)17(16)14(13)7-11/h8-9,11,19H,5-7,10H2,1-4H3. The van der Waals surface area contributed by atoms with Crippen LogP contribution in [0.2, 0.25) is 0 Å². The van der Waals surface area contributed by atoms with Crippen molar-refractivity contribution in [3.8, 4) is 11.5 Å². The van der Waals surface area contributed by atoms with E-state index in [1.807, 2.05) is 13.0 Å². The van der Waals surface area contributed by atoms with Gasteiger partial charge in [-0.1, -0.05) is 12.5 Å². The lowest BCUT2D eigenvalue weighted by atomic mass is 9.79. The van der Waals surface area contributed by atoms with Gasteiger partial charge in [0.25, 0.3) is 0 Å². The molecule has 0 amide bonds. The summed E-state index contributed by atoms with van der Waals surface area (Å²) in [6, 6.07) is 3.91. The van der Waals surface area contributed by atoms with Gasteiger partial charge in [0.05, 0.1) is 5.56 Å². The summed E-state index contributed by atoms with van der Waals surface area (Å²) in [5.74, 6) is 1.91. The zero-order valence-corrected chi connectivity index (χ0v) is 12.9. The van der Waals surface area contributed by atoms with E-state index in [9.17, 15) is 5.11 Å². The number of aryl methyl sites for hydroxylation is 1. The zero-order valence-electron chi connectivity index (χ0n) is 12.9. The molecule has 0 radical (unpaired) electrons. The number of allylic oxidation sites excluding steroid dienone is 1. The molecule has 1 aliphatic heterocycles. The number of aromatic hydroxyl groups is 1. The maximum Gasteiger partial charge on any atom is 0.131 e. The molecule has 20 heavy (non-hydrogen) atoms.